The monoisotopic (exact) mass is 391 g/mol. The summed E-state index contributed by atoms with van der Waals surface area (Å²) in [5, 5.41) is 3.28. The minimum atomic E-state index is -0.959. The third-order valence-electron chi connectivity index (χ3n) is 4.50. The molecule has 0 bridgehead atoms. The van der Waals surface area contributed by atoms with Gasteiger partial charge in [-0.1, -0.05) is 66.7 Å². The zero-order chi connectivity index (χ0) is 19.8. The van der Waals surface area contributed by atoms with Crippen molar-refractivity contribution in [1.29, 1.82) is 0 Å². The van der Waals surface area contributed by atoms with Gasteiger partial charge in [-0.25, -0.2) is 4.79 Å². The van der Waals surface area contributed by atoms with Crippen LogP contribution in [0.15, 0.2) is 95.9 Å². The molecule has 2 atom stereocenters. The highest BCUT2D eigenvalue weighted by Gasteiger charge is 2.44. The highest BCUT2D eigenvalue weighted by molar-refractivity contribution is 7.99. The van der Waals surface area contributed by atoms with E-state index < -0.39 is 5.54 Å². The number of anilines is 1. The van der Waals surface area contributed by atoms with Gasteiger partial charge in [0.25, 0.3) is 0 Å². The summed E-state index contributed by atoms with van der Waals surface area (Å²) in [5.74, 6) is -0.267. The summed E-state index contributed by atoms with van der Waals surface area (Å²) < 4.78 is 5.50. The van der Waals surface area contributed by atoms with Gasteiger partial charge in [0.05, 0.1) is 11.9 Å². The maximum Gasteiger partial charge on any atom is 0.333 e. The zero-order valence-electron chi connectivity index (χ0n) is 16.2. The Morgan fingerprint density at radius 3 is 2.04 bits per heavy atom. The minimum Gasteiger partial charge on any atom is -0.464 e. The van der Waals surface area contributed by atoms with Crippen LogP contribution in [0.2, 0.25) is 0 Å². The first-order valence-corrected chi connectivity index (χ1v) is 10.3. The van der Waals surface area contributed by atoms with E-state index in [9.17, 15) is 4.79 Å². The van der Waals surface area contributed by atoms with Crippen LogP contribution in [0.25, 0.3) is 0 Å². The second-order valence-corrected chi connectivity index (χ2v) is 7.81. The molecule has 0 aliphatic rings. The number of para-hydroxylation sites is 1. The van der Waals surface area contributed by atoms with Gasteiger partial charge in [-0.3, -0.25) is 0 Å². The quantitative estimate of drug-likeness (QED) is 0.380. The number of rotatable bonds is 8. The lowest BCUT2D eigenvalue weighted by Crippen LogP contribution is -2.49. The molecule has 0 heterocycles. The first kappa shape index (κ1) is 20.0. The molecular formula is C24H25NO2S. The summed E-state index contributed by atoms with van der Waals surface area (Å²) >= 11 is 1.66. The average Bonchev–Trinajstić information content (AvgIpc) is 2.74. The fraction of sp³-hybridized carbons (Fsp3) is 0.208. The average molecular weight is 392 g/mol. The molecule has 28 heavy (non-hydrogen) atoms. The van der Waals surface area contributed by atoms with Crippen LogP contribution >= 0.6 is 11.8 Å². The molecule has 0 aliphatic carbocycles. The Balaban J connectivity index is 2.05. The molecule has 3 nitrogen and oxygen atoms in total. The molecule has 144 valence electrons. The molecule has 0 aromatic heterocycles. The van der Waals surface area contributed by atoms with Crippen molar-refractivity contribution in [3.8, 4) is 0 Å². The summed E-state index contributed by atoms with van der Waals surface area (Å²) in [6.07, 6.45) is 0. The van der Waals surface area contributed by atoms with E-state index in [0.29, 0.717) is 6.61 Å². The molecule has 0 saturated carbocycles. The van der Waals surface area contributed by atoms with Crippen LogP contribution in [0.3, 0.4) is 0 Å². The Hall–Kier alpha value is -2.72. The molecule has 0 amide bonds. The smallest absolute Gasteiger partial charge is 0.333 e. The Morgan fingerprint density at radius 2 is 1.46 bits per heavy atom. The number of carbonyl (C=O) groups is 1. The minimum absolute atomic E-state index is 0.185. The number of esters is 1. The van der Waals surface area contributed by atoms with Crippen LogP contribution in [-0.2, 0) is 9.53 Å². The Labute approximate surface area is 171 Å². The van der Waals surface area contributed by atoms with Crippen LogP contribution < -0.4 is 5.32 Å². The molecule has 3 rings (SSSR count). The van der Waals surface area contributed by atoms with E-state index in [2.05, 4.69) is 29.6 Å². The summed E-state index contributed by atoms with van der Waals surface area (Å²) in [4.78, 5) is 14.3. The van der Waals surface area contributed by atoms with Gasteiger partial charge in [0.1, 0.15) is 5.54 Å². The van der Waals surface area contributed by atoms with Gasteiger partial charge in [-0.05, 0) is 43.7 Å². The molecule has 0 fully saturated rings. The molecule has 4 heteroatoms. The maximum absolute atomic E-state index is 13.2. The van der Waals surface area contributed by atoms with Crippen molar-refractivity contribution in [2.24, 2.45) is 0 Å². The number of benzene rings is 3. The summed E-state index contributed by atoms with van der Waals surface area (Å²) in [5.41, 5.74) is 0.988. The maximum atomic E-state index is 13.2. The van der Waals surface area contributed by atoms with E-state index in [0.717, 1.165) is 16.1 Å². The number of nitrogens with one attached hydrogen (secondary N) is 1. The summed E-state index contributed by atoms with van der Waals surface area (Å²) in [6.45, 7) is 4.09. The van der Waals surface area contributed by atoms with Crippen molar-refractivity contribution in [3.05, 3.63) is 96.6 Å². The van der Waals surface area contributed by atoms with Crippen LogP contribution in [0.4, 0.5) is 5.69 Å². The first-order valence-electron chi connectivity index (χ1n) is 9.40. The van der Waals surface area contributed by atoms with Gasteiger partial charge >= 0.3 is 5.97 Å². The first-order chi connectivity index (χ1) is 13.6. The van der Waals surface area contributed by atoms with E-state index in [1.807, 2.05) is 80.6 Å². The van der Waals surface area contributed by atoms with E-state index in [-0.39, 0.29) is 11.2 Å². The second kappa shape index (κ2) is 9.47. The second-order valence-electron chi connectivity index (χ2n) is 6.64. The Kier molecular flexibility index (Phi) is 6.77. The number of carbonyl (C=O) groups excluding carboxylic acids is 1. The molecule has 0 saturated heterocycles. The van der Waals surface area contributed by atoms with Crippen molar-refractivity contribution < 1.29 is 9.53 Å². The highest BCUT2D eigenvalue weighted by Crippen LogP contribution is 2.45. The molecule has 3 aromatic rings. The van der Waals surface area contributed by atoms with Gasteiger partial charge in [0, 0.05) is 10.6 Å². The Bertz CT molecular complexity index is 871. The van der Waals surface area contributed by atoms with Gasteiger partial charge in [-0.15, -0.1) is 11.8 Å². The number of ether oxygens (including phenoxy) is 1. The highest BCUT2D eigenvalue weighted by atomic mass is 32.2. The predicted molar refractivity (Wildman–Crippen MR) is 117 cm³/mol. The fourth-order valence-corrected chi connectivity index (χ4v) is 4.38. The van der Waals surface area contributed by atoms with Crippen molar-refractivity contribution in [3.63, 3.8) is 0 Å². The third kappa shape index (κ3) is 4.76. The molecular weight excluding hydrogens is 366 g/mol. The van der Waals surface area contributed by atoms with Crippen LogP contribution in [-0.4, -0.2) is 18.1 Å². The molecule has 0 spiro atoms. The van der Waals surface area contributed by atoms with Crippen molar-refractivity contribution in [2.45, 2.75) is 29.5 Å². The predicted octanol–water partition coefficient (Wildman–Crippen LogP) is 5.95. The number of thioether (sulfide) groups is 1. The largest absolute Gasteiger partial charge is 0.464 e. The lowest BCUT2D eigenvalue weighted by Gasteiger charge is -2.37. The van der Waals surface area contributed by atoms with Gasteiger partial charge in [0.2, 0.25) is 0 Å². The van der Waals surface area contributed by atoms with Crippen LogP contribution in [0.5, 0.6) is 0 Å². The number of hydrogen-bond donors (Lipinski definition) is 1. The van der Waals surface area contributed by atoms with Crippen molar-refractivity contribution in [1.82, 2.24) is 0 Å². The van der Waals surface area contributed by atoms with E-state index >= 15 is 0 Å². The van der Waals surface area contributed by atoms with Crippen LogP contribution in [0, 0.1) is 0 Å². The van der Waals surface area contributed by atoms with Gasteiger partial charge in [0.15, 0.2) is 0 Å². The van der Waals surface area contributed by atoms with Gasteiger partial charge in [-0.2, -0.15) is 0 Å². The lowest BCUT2D eigenvalue weighted by molar-refractivity contribution is -0.148. The van der Waals surface area contributed by atoms with E-state index in [1.165, 1.54) is 0 Å². The zero-order valence-corrected chi connectivity index (χ0v) is 17.0. The normalized spacial score (nSPS) is 13.9. The molecule has 0 aliphatic heterocycles. The van der Waals surface area contributed by atoms with Crippen molar-refractivity contribution >= 4 is 23.4 Å². The topological polar surface area (TPSA) is 38.3 Å². The summed E-state index contributed by atoms with van der Waals surface area (Å²) in [7, 11) is 0. The molecule has 0 radical (unpaired) electrons. The number of hydrogen-bond acceptors (Lipinski definition) is 4. The molecule has 1 N–H and O–H groups in total. The Morgan fingerprint density at radius 1 is 0.929 bits per heavy atom. The lowest BCUT2D eigenvalue weighted by atomic mass is 9.91. The van der Waals surface area contributed by atoms with Crippen LogP contribution in [0.1, 0.15) is 24.7 Å². The third-order valence-corrected chi connectivity index (χ3v) is 6.02. The fourth-order valence-electron chi connectivity index (χ4n) is 3.11. The standard InChI is InChI=1S/C24H25NO2S/c1-3-27-23(26)24(2,25-20-15-9-5-10-16-20)22(19-13-7-4-8-14-19)28-21-17-11-6-12-18-21/h4-18,22,25H,3H2,1-2H3/t22-,24-/m0/s1. The molecule has 3 aromatic carbocycles. The summed E-state index contributed by atoms with van der Waals surface area (Å²) in [6, 6.07) is 30.1. The molecule has 0 unspecified atom stereocenters. The van der Waals surface area contributed by atoms with E-state index in [4.69, 9.17) is 4.74 Å². The SMILES string of the molecule is CCOC(=O)[C@@](C)(Nc1ccccc1)[C@@H](Sc1ccccc1)c1ccccc1. The van der Waals surface area contributed by atoms with Gasteiger partial charge < -0.3 is 10.1 Å². The van der Waals surface area contributed by atoms with E-state index in [1.54, 1.807) is 11.8 Å². The van der Waals surface area contributed by atoms with Crippen molar-refractivity contribution in [2.75, 3.05) is 11.9 Å².